The number of aryl methyl sites for hydroxylation is 2. The number of hydrogen-bond donors (Lipinski definition) is 1. The number of Topliss-reactive ketones (excluding diaryl/α,β-unsaturated/α-hetero) is 1. The molecule has 0 bridgehead atoms. The van der Waals surface area contributed by atoms with Crippen molar-refractivity contribution in [3.05, 3.63) is 51.2 Å². The number of rotatable bonds is 5. The molecule has 126 valence electrons. The van der Waals surface area contributed by atoms with E-state index < -0.39 is 18.0 Å². The molecule has 0 aliphatic heterocycles. The van der Waals surface area contributed by atoms with Crippen LogP contribution in [0.1, 0.15) is 44.3 Å². The van der Waals surface area contributed by atoms with Crippen LogP contribution >= 0.6 is 11.3 Å². The summed E-state index contributed by atoms with van der Waals surface area (Å²) in [6.45, 7) is 6.67. The number of ether oxygens (including phenoxy) is 1. The van der Waals surface area contributed by atoms with Crippen LogP contribution in [0.5, 0.6) is 0 Å². The SMILES string of the molecule is CC(=O)c1ccccc1NC(=O)[C@@H](C)OC(=O)c1cc(C)sc1C. The molecule has 1 aromatic heterocycles. The van der Waals surface area contributed by atoms with Crippen molar-refractivity contribution in [1.29, 1.82) is 0 Å². The van der Waals surface area contributed by atoms with Gasteiger partial charge in [0, 0.05) is 15.3 Å². The van der Waals surface area contributed by atoms with E-state index in [4.69, 9.17) is 4.74 Å². The van der Waals surface area contributed by atoms with Crippen molar-refractivity contribution >= 4 is 34.7 Å². The van der Waals surface area contributed by atoms with Crippen LogP contribution in [0.2, 0.25) is 0 Å². The molecule has 2 aromatic rings. The van der Waals surface area contributed by atoms with Gasteiger partial charge < -0.3 is 10.1 Å². The first-order valence-electron chi connectivity index (χ1n) is 7.48. The Morgan fingerprint density at radius 2 is 1.79 bits per heavy atom. The first-order chi connectivity index (χ1) is 11.3. The first kappa shape index (κ1) is 17.9. The summed E-state index contributed by atoms with van der Waals surface area (Å²) in [6, 6.07) is 8.45. The van der Waals surface area contributed by atoms with E-state index in [0.29, 0.717) is 16.8 Å². The normalized spacial score (nSPS) is 11.7. The average Bonchev–Trinajstić information content (AvgIpc) is 2.86. The summed E-state index contributed by atoms with van der Waals surface area (Å²) in [6.07, 6.45) is -0.975. The number of amides is 1. The largest absolute Gasteiger partial charge is 0.449 e. The molecule has 0 radical (unpaired) electrons. The van der Waals surface area contributed by atoms with Gasteiger partial charge in [-0.1, -0.05) is 12.1 Å². The Morgan fingerprint density at radius 3 is 2.38 bits per heavy atom. The number of thiophene rings is 1. The van der Waals surface area contributed by atoms with Crippen molar-refractivity contribution < 1.29 is 19.1 Å². The highest BCUT2D eigenvalue weighted by Gasteiger charge is 2.22. The van der Waals surface area contributed by atoms with Crippen LogP contribution in [-0.2, 0) is 9.53 Å². The van der Waals surface area contributed by atoms with Crippen LogP contribution in [0.4, 0.5) is 5.69 Å². The third-order valence-corrected chi connectivity index (χ3v) is 4.44. The molecule has 0 aliphatic carbocycles. The molecule has 0 saturated carbocycles. The number of hydrogen-bond acceptors (Lipinski definition) is 5. The number of carbonyl (C=O) groups excluding carboxylic acids is 3. The Kier molecular flexibility index (Phi) is 5.51. The number of para-hydroxylation sites is 1. The lowest BCUT2D eigenvalue weighted by Crippen LogP contribution is -2.30. The number of anilines is 1. The Bertz CT molecular complexity index is 794. The Morgan fingerprint density at radius 1 is 1.12 bits per heavy atom. The monoisotopic (exact) mass is 345 g/mol. The summed E-state index contributed by atoms with van der Waals surface area (Å²) in [7, 11) is 0. The summed E-state index contributed by atoms with van der Waals surface area (Å²) in [5.41, 5.74) is 1.29. The van der Waals surface area contributed by atoms with Gasteiger partial charge in [0.25, 0.3) is 5.91 Å². The van der Waals surface area contributed by atoms with Crippen molar-refractivity contribution in [3.8, 4) is 0 Å². The van der Waals surface area contributed by atoms with Crippen LogP contribution < -0.4 is 5.32 Å². The molecule has 1 N–H and O–H groups in total. The van der Waals surface area contributed by atoms with E-state index >= 15 is 0 Å². The van der Waals surface area contributed by atoms with Gasteiger partial charge in [-0.3, -0.25) is 9.59 Å². The third-order valence-electron chi connectivity index (χ3n) is 3.48. The van der Waals surface area contributed by atoms with Crippen molar-refractivity contribution in [2.24, 2.45) is 0 Å². The molecule has 1 heterocycles. The zero-order valence-corrected chi connectivity index (χ0v) is 14.8. The van der Waals surface area contributed by atoms with E-state index in [2.05, 4.69) is 5.32 Å². The number of ketones is 1. The zero-order valence-electron chi connectivity index (χ0n) is 14.0. The summed E-state index contributed by atoms with van der Waals surface area (Å²) in [5.74, 6) is -1.17. The summed E-state index contributed by atoms with van der Waals surface area (Å²) in [4.78, 5) is 37.9. The fourth-order valence-corrected chi connectivity index (χ4v) is 3.16. The second kappa shape index (κ2) is 7.40. The Labute approximate surface area is 144 Å². The number of nitrogens with one attached hydrogen (secondary N) is 1. The lowest BCUT2D eigenvalue weighted by atomic mass is 10.1. The van der Waals surface area contributed by atoms with Gasteiger partial charge in [-0.05, 0) is 45.9 Å². The molecule has 0 aliphatic rings. The minimum absolute atomic E-state index is 0.153. The molecule has 6 heteroatoms. The topological polar surface area (TPSA) is 72.5 Å². The first-order valence-corrected chi connectivity index (χ1v) is 8.30. The summed E-state index contributed by atoms with van der Waals surface area (Å²) >= 11 is 1.50. The minimum Gasteiger partial charge on any atom is -0.449 e. The van der Waals surface area contributed by atoms with E-state index in [0.717, 1.165) is 9.75 Å². The third kappa shape index (κ3) is 4.08. The molecule has 24 heavy (non-hydrogen) atoms. The highest BCUT2D eigenvalue weighted by atomic mass is 32.1. The molecule has 1 atom stereocenters. The van der Waals surface area contributed by atoms with E-state index in [1.165, 1.54) is 25.2 Å². The molecule has 5 nitrogen and oxygen atoms in total. The maximum Gasteiger partial charge on any atom is 0.340 e. The predicted octanol–water partition coefficient (Wildman–Crippen LogP) is 3.75. The van der Waals surface area contributed by atoms with Gasteiger partial charge in [0.1, 0.15) is 0 Å². The fraction of sp³-hybridized carbons (Fsp3) is 0.278. The molecule has 0 saturated heterocycles. The molecule has 0 unspecified atom stereocenters. The second-order valence-electron chi connectivity index (χ2n) is 5.47. The molecular formula is C18H19NO4S. The van der Waals surface area contributed by atoms with Crippen LogP contribution in [0.15, 0.2) is 30.3 Å². The molecule has 0 fully saturated rings. The van der Waals surface area contributed by atoms with E-state index in [9.17, 15) is 14.4 Å². The number of esters is 1. The molecule has 1 amide bonds. The Hall–Kier alpha value is -2.47. The zero-order chi connectivity index (χ0) is 17.9. The predicted molar refractivity (Wildman–Crippen MR) is 93.7 cm³/mol. The van der Waals surface area contributed by atoms with Crippen molar-refractivity contribution in [2.45, 2.75) is 33.8 Å². The van der Waals surface area contributed by atoms with Gasteiger partial charge >= 0.3 is 5.97 Å². The van der Waals surface area contributed by atoms with Crippen LogP contribution in [0, 0.1) is 13.8 Å². The van der Waals surface area contributed by atoms with Crippen LogP contribution in [0.3, 0.4) is 0 Å². The van der Waals surface area contributed by atoms with Gasteiger partial charge in [-0.25, -0.2) is 4.79 Å². The van der Waals surface area contributed by atoms with Crippen LogP contribution in [-0.4, -0.2) is 23.8 Å². The fourth-order valence-electron chi connectivity index (χ4n) is 2.24. The highest BCUT2D eigenvalue weighted by molar-refractivity contribution is 7.12. The maximum absolute atomic E-state index is 12.2. The molecule has 0 spiro atoms. The molecular weight excluding hydrogens is 326 g/mol. The quantitative estimate of drug-likeness (QED) is 0.662. The maximum atomic E-state index is 12.2. The molecule has 2 rings (SSSR count). The van der Waals surface area contributed by atoms with E-state index in [1.807, 2.05) is 13.8 Å². The minimum atomic E-state index is -0.975. The average molecular weight is 345 g/mol. The van der Waals surface area contributed by atoms with Gasteiger partial charge in [-0.2, -0.15) is 0 Å². The van der Waals surface area contributed by atoms with Gasteiger partial charge in [-0.15, -0.1) is 11.3 Å². The smallest absolute Gasteiger partial charge is 0.340 e. The highest BCUT2D eigenvalue weighted by Crippen LogP contribution is 2.22. The second-order valence-corrected chi connectivity index (χ2v) is 6.93. The lowest BCUT2D eigenvalue weighted by Gasteiger charge is -2.15. The van der Waals surface area contributed by atoms with Gasteiger partial charge in [0.2, 0.25) is 0 Å². The number of carbonyl (C=O) groups is 3. The Balaban J connectivity index is 2.06. The summed E-state index contributed by atoms with van der Waals surface area (Å²) < 4.78 is 5.24. The summed E-state index contributed by atoms with van der Waals surface area (Å²) in [5, 5.41) is 2.63. The molecule has 1 aromatic carbocycles. The number of benzene rings is 1. The lowest BCUT2D eigenvalue weighted by molar-refractivity contribution is -0.123. The standard InChI is InChI=1S/C18H19NO4S/c1-10-9-15(13(4)24-10)18(22)23-12(3)17(21)19-16-8-6-5-7-14(16)11(2)20/h5-9,12H,1-4H3,(H,19,21)/t12-/m1/s1. The van der Waals surface area contributed by atoms with Crippen molar-refractivity contribution in [2.75, 3.05) is 5.32 Å². The van der Waals surface area contributed by atoms with Gasteiger partial charge in [0.15, 0.2) is 11.9 Å². The van der Waals surface area contributed by atoms with Crippen LogP contribution in [0.25, 0.3) is 0 Å². The van der Waals surface area contributed by atoms with Crippen molar-refractivity contribution in [1.82, 2.24) is 0 Å². The van der Waals surface area contributed by atoms with E-state index in [-0.39, 0.29) is 5.78 Å². The van der Waals surface area contributed by atoms with Gasteiger partial charge in [0.05, 0.1) is 11.3 Å². The van der Waals surface area contributed by atoms with E-state index in [1.54, 1.807) is 30.3 Å². The van der Waals surface area contributed by atoms with Crippen molar-refractivity contribution in [3.63, 3.8) is 0 Å².